The molecule has 2 aromatic rings. The third-order valence-electron chi connectivity index (χ3n) is 4.66. The van der Waals surface area contributed by atoms with Crippen LogP contribution in [0.15, 0.2) is 6.07 Å². The van der Waals surface area contributed by atoms with Crippen LogP contribution in [0.1, 0.15) is 62.2 Å². The normalized spacial score (nSPS) is 13.9. The topological polar surface area (TPSA) is 116 Å². The second-order valence-corrected chi connectivity index (χ2v) is 7.88. The van der Waals surface area contributed by atoms with E-state index in [4.69, 9.17) is 5.73 Å². The van der Waals surface area contributed by atoms with Crippen molar-refractivity contribution >= 4 is 34.1 Å². The van der Waals surface area contributed by atoms with Gasteiger partial charge < -0.3 is 15.8 Å². The van der Waals surface area contributed by atoms with E-state index in [2.05, 4.69) is 15.2 Å². The average molecular weight is 444 g/mol. The van der Waals surface area contributed by atoms with Crippen molar-refractivity contribution in [2.24, 2.45) is 5.73 Å². The molecule has 0 aromatic carbocycles. The Hall–Kier alpha value is -2.89. The predicted octanol–water partition coefficient (Wildman–Crippen LogP) is 3.06. The van der Waals surface area contributed by atoms with Crippen molar-refractivity contribution in [3.63, 3.8) is 0 Å². The first kappa shape index (κ1) is 21.8. The van der Waals surface area contributed by atoms with Crippen LogP contribution >= 0.6 is 11.3 Å². The van der Waals surface area contributed by atoms with Crippen LogP contribution in [-0.4, -0.2) is 34.7 Å². The quantitative estimate of drug-likeness (QED) is 0.637. The Morgan fingerprint density at radius 3 is 2.57 bits per heavy atom. The van der Waals surface area contributed by atoms with Gasteiger partial charge in [0.1, 0.15) is 5.00 Å². The molecule has 0 aliphatic heterocycles. The molecule has 1 saturated carbocycles. The first-order chi connectivity index (χ1) is 14.0. The summed E-state index contributed by atoms with van der Waals surface area (Å²) in [6, 6.07) is 1.02. The fraction of sp³-hybridized carbons (Fsp3) is 0.444. The molecule has 1 aliphatic rings. The number of esters is 1. The zero-order chi connectivity index (χ0) is 22.2. The number of nitrogens with two attached hydrogens (primary N) is 1. The molecule has 1 fully saturated rings. The molecule has 30 heavy (non-hydrogen) atoms. The molecule has 3 rings (SSSR count). The second-order valence-electron chi connectivity index (χ2n) is 6.86. The molecule has 3 N–H and O–H groups in total. The number of primary amides is 1. The van der Waals surface area contributed by atoms with E-state index < -0.39 is 29.7 Å². The van der Waals surface area contributed by atoms with Gasteiger partial charge in [0.2, 0.25) is 5.91 Å². The Morgan fingerprint density at radius 1 is 1.37 bits per heavy atom. The van der Waals surface area contributed by atoms with Gasteiger partial charge >= 0.3 is 12.1 Å². The molecule has 0 radical (unpaired) electrons. The van der Waals surface area contributed by atoms with Crippen molar-refractivity contribution < 1.29 is 32.3 Å². The maximum Gasteiger partial charge on any atom is 0.435 e. The zero-order valence-electron chi connectivity index (χ0n) is 16.1. The van der Waals surface area contributed by atoms with E-state index in [-0.39, 0.29) is 39.9 Å². The van der Waals surface area contributed by atoms with Gasteiger partial charge in [-0.25, -0.2) is 4.79 Å². The number of carbonyl (C=O) groups is 3. The van der Waals surface area contributed by atoms with Gasteiger partial charge in [0, 0.05) is 24.6 Å². The summed E-state index contributed by atoms with van der Waals surface area (Å²) in [5.41, 5.74) is 5.06. The molecule has 0 saturated heterocycles. The maximum atomic E-state index is 13.0. The predicted molar refractivity (Wildman–Crippen MR) is 101 cm³/mol. The molecule has 2 amide bonds. The summed E-state index contributed by atoms with van der Waals surface area (Å²) in [7, 11) is 1.16. The smallest absolute Gasteiger partial charge is 0.435 e. The molecule has 0 bridgehead atoms. The van der Waals surface area contributed by atoms with Crippen LogP contribution in [0.25, 0.3) is 0 Å². The summed E-state index contributed by atoms with van der Waals surface area (Å²) in [4.78, 5) is 36.1. The number of carbonyl (C=O) groups excluding carboxylic acids is 3. The van der Waals surface area contributed by atoms with Crippen molar-refractivity contribution in [3.8, 4) is 0 Å². The maximum absolute atomic E-state index is 13.0. The molecule has 0 atom stereocenters. The molecule has 1 aliphatic carbocycles. The highest BCUT2D eigenvalue weighted by Gasteiger charge is 2.37. The Bertz CT molecular complexity index is 1010. The fourth-order valence-electron chi connectivity index (χ4n) is 3.04. The monoisotopic (exact) mass is 444 g/mol. The third-order valence-corrected chi connectivity index (χ3v) is 5.88. The highest BCUT2D eigenvalue weighted by atomic mass is 32.1. The molecule has 2 heterocycles. The summed E-state index contributed by atoms with van der Waals surface area (Å²) in [5.74, 6) is -2.04. The number of anilines is 1. The summed E-state index contributed by atoms with van der Waals surface area (Å²) >= 11 is 0.835. The number of ether oxygens (including phenoxy) is 1. The molecule has 2 aromatic heterocycles. The zero-order valence-corrected chi connectivity index (χ0v) is 16.9. The minimum atomic E-state index is -4.56. The van der Waals surface area contributed by atoms with E-state index in [1.165, 1.54) is 11.6 Å². The van der Waals surface area contributed by atoms with E-state index in [0.717, 1.165) is 37.4 Å². The number of hydrogen-bond donors (Lipinski definition) is 2. The lowest BCUT2D eigenvalue weighted by Crippen LogP contribution is -2.17. The number of amides is 2. The lowest BCUT2D eigenvalue weighted by Gasteiger charge is -2.08. The number of nitrogens with zero attached hydrogens (tertiary/aromatic N) is 2. The molecule has 0 spiro atoms. The van der Waals surface area contributed by atoms with E-state index in [1.54, 1.807) is 0 Å². The van der Waals surface area contributed by atoms with Crippen molar-refractivity contribution in [1.82, 2.24) is 9.78 Å². The number of aromatic nitrogens is 2. The van der Waals surface area contributed by atoms with E-state index in [0.29, 0.717) is 5.69 Å². The lowest BCUT2D eigenvalue weighted by atomic mass is 10.1. The molecule has 162 valence electrons. The minimum absolute atomic E-state index is 0.0145. The van der Waals surface area contributed by atoms with Crippen LogP contribution in [-0.2, 0) is 22.3 Å². The third kappa shape index (κ3) is 4.48. The van der Waals surface area contributed by atoms with Crippen LogP contribution < -0.4 is 11.1 Å². The number of hydrogen-bond acceptors (Lipinski definition) is 6. The van der Waals surface area contributed by atoms with E-state index in [1.807, 2.05) is 0 Å². The summed E-state index contributed by atoms with van der Waals surface area (Å²) in [6.07, 6.45) is -3.18. The Labute approximate surface area is 173 Å². The van der Waals surface area contributed by atoms with Gasteiger partial charge in [-0.3, -0.25) is 14.3 Å². The highest BCUT2D eigenvalue weighted by Crippen LogP contribution is 2.42. The van der Waals surface area contributed by atoms with Crippen LogP contribution in [0.5, 0.6) is 0 Å². The van der Waals surface area contributed by atoms with Crippen LogP contribution in [0.2, 0.25) is 0 Å². The van der Waals surface area contributed by atoms with E-state index >= 15 is 0 Å². The first-order valence-corrected chi connectivity index (χ1v) is 9.80. The van der Waals surface area contributed by atoms with Crippen LogP contribution in [0.4, 0.5) is 18.2 Å². The summed E-state index contributed by atoms with van der Waals surface area (Å²) in [6.45, 7) is 1.44. The van der Waals surface area contributed by atoms with E-state index in [9.17, 15) is 27.6 Å². The van der Waals surface area contributed by atoms with Gasteiger partial charge in [0.15, 0.2) is 5.69 Å². The summed E-state index contributed by atoms with van der Waals surface area (Å²) in [5, 5.41) is 6.22. The number of nitrogens with one attached hydrogen (secondary N) is 1. The molecule has 0 unspecified atom stereocenters. The van der Waals surface area contributed by atoms with Gasteiger partial charge in [-0.15, -0.1) is 11.3 Å². The average Bonchev–Trinajstić information content (AvgIpc) is 3.32. The highest BCUT2D eigenvalue weighted by molar-refractivity contribution is 7.18. The number of thiophene rings is 1. The number of rotatable bonds is 7. The van der Waals surface area contributed by atoms with Crippen molar-refractivity contribution in [2.75, 3.05) is 12.4 Å². The summed E-state index contributed by atoms with van der Waals surface area (Å²) < 4.78 is 44.8. The second kappa shape index (κ2) is 8.09. The van der Waals surface area contributed by atoms with Gasteiger partial charge in [-0.1, -0.05) is 0 Å². The fourth-order valence-corrected chi connectivity index (χ4v) is 4.10. The molecular weight excluding hydrogens is 425 g/mol. The lowest BCUT2D eigenvalue weighted by molar-refractivity contribution is -0.141. The molecule has 12 heteroatoms. The van der Waals surface area contributed by atoms with Crippen molar-refractivity contribution in [3.05, 3.63) is 33.5 Å². The standard InChI is InChI=1S/C18H19F3N4O4S/c1-8-13(17(28)29-2)16(30-14(8)15(22)27)23-12(26)5-6-25-10(9-3-4-9)7-11(24-25)18(19,20)21/h7,9H,3-6H2,1-2H3,(H2,22,27)(H,23,26). The van der Waals surface area contributed by atoms with Crippen molar-refractivity contribution in [1.29, 1.82) is 0 Å². The Morgan fingerprint density at radius 2 is 2.03 bits per heavy atom. The number of aryl methyl sites for hydroxylation is 1. The number of halogens is 3. The molecule has 8 nitrogen and oxygen atoms in total. The van der Waals surface area contributed by atoms with Crippen LogP contribution in [0.3, 0.4) is 0 Å². The van der Waals surface area contributed by atoms with Crippen molar-refractivity contribution in [2.45, 2.75) is 44.8 Å². The SMILES string of the molecule is COC(=O)c1c(NC(=O)CCn2nc(C(F)(F)F)cc2C2CC2)sc(C(N)=O)c1C. The van der Waals surface area contributed by atoms with Gasteiger partial charge in [0.25, 0.3) is 5.91 Å². The largest absolute Gasteiger partial charge is 0.465 e. The van der Waals surface area contributed by atoms with Gasteiger partial charge in [-0.05, 0) is 31.4 Å². The van der Waals surface area contributed by atoms with Gasteiger partial charge in [-0.2, -0.15) is 18.3 Å². The van der Waals surface area contributed by atoms with Gasteiger partial charge in [0.05, 0.1) is 17.6 Å². The Balaban J connectivity index is 1.76. The number of methoxy groups -OCH3 is 1. The number of alkyl halides is 3. The molecular formula is C18H19F3N4O4S. The Kier molecular flexibility index (Phi) is 5.88. The minimum Gasteiger partial charge on any atom is -0.465 e. The van der Waals surface area contributed by atoms with Crippen LogP contribution in [0, 0.1) is 6.92 Å². The first-order valence-electron chi connectivity index (χ1n) is 8.99.